The molecule has 0 aliphatic carbocycles. The molecule has 1 saturated heterocycles. The van der Waals surface area contributed by atoms with Gasteiger partial charge in [0, 0.05) is 26.7 Å². The van der Waals surface area contributed by atoms with E-state index in [0.29, 0.717) is 32.5 Å². The van der Waals surface area contributed by atoms with Crippen LogP contribution in [0.5, 0.6) is 0 Å². The Morgan fingerprint density at radius 1 is 1.22 bits per heavy atom. The number of carbonyl (C=O) groups is 1. The van der Waals surface area contributed by atoms with E-state index in [1.165, 1.54) is 16.5 Å². The molecule has 2 amide bonds. The number of hydrogen-bond acceptors (Lipinski definition) is 5. The highest BCUT2D eigenvalue weighted by molar-refractivity contribution is 7.91. The smallest absolute Gasteiger partial charge is 0.317 e. The molecule has 1 N–H and O–H groups in total. The van der Waals surface area contributed by atoms with Crippen LogP contribution in [0.2, 0.25) is 0 Å². The van der Waals surface area contributed by atoms with Gasteiger partial charge in [0.2, 0.25) is 15.0 Å². The number of benzene rings is 1. The maximum atomic E-state index is 12.6. The Hall–Kier alpha value is -2.42. The van der Waals surface area contributed by atoms with Gasteiger partial charge in [-0.1, -0.05) is 30.3 Å². The molecule has 3 rings (SSSR count). The SMILES string of the molecule is Cn1cnnc1S(=O)(=O)C1CCN(C(=O)NCCCc2ccccc2)CC1. The van der Waals surface area contributed by atoms with E-state index in [2.05, 4.69) is 27.6 Å². The Balaban J connectivity index is 1.43. The fourth-order valence-electron chi connectivity index (χ4n) is 3.29. The number of sulfone groups is 1. The molecule has 1 aromatic heterocycles. The maximum absolute atomic E-state index is 12.6. The minimum absolute atomic E-state index is 0.00804. The number of hydrogen-bond donors (Lipinski definition) is 1. The van der Waals surface area contributed by atoms with Crippen LogP contribution in [0.4, 0.5) is 4.79 Å². The van der Waals surface area contributed by atoms with Crippen LogP contribution in [0.1, 0.15) is 24.8 Å². The Kier molecular flexibility index (Phi) is 6.10. The first-order chi connectivity index (χ1) is 13.0. The van der Waals surface area contributed by atoms with Gasteiger partial charge in [-0.3, -0.25) is 0 Å². The second-order valence-electron chi connectivity index (χ2n) is 6.78. The highest BCUT2D eigenvalue weighted by Crippen LogP contribution is 2.23. The van der Waals surface area contributed by atoms with Crippen molar-refractivity contribution in [1.29, 1.82) is 0 Å². The molecule has 0 unspecified atom stereocenters. The van der Waals surface area contributed by atoms with E-state index < -0.39 is 15.1 Å². The zero-order chi connectivity index (χ0) is 19.3. The van der Waals surface area contributed by atoms with Crippen LogP contribution in [0, 0.1) is 0 Å². The van der Waals surface area contributed by atoms with Gasteiger partial charge in [-0.2, -0.15) is 0 Å². The number of likely N-dealkylation sites (tertiary alicyclic amines) is 1. The van der Waals surface area contributed by atoms with Gasteiger partial charge in [0.25, 0.3) is 0 Å². The topological polar surface area (TPSA) is 97.2 Å². The summed E-state index contributed by atoms with van der Waals surface area (Å²) < 4.78 is 26.7. The van der Waals surface area contributed by atoms with Gasteiger partial charge in [0.15, 0.2) is 0 Å². The van der Waals surface area contributed by atoms with Crippen molar-refractivity contribution in [1.82, 2.24) is 25.0 Å². The number of piperidine rings is 1. The number of nitrogens with zero attached hydrogens (tertiary/aromatic N) is 4. The molecule has 1 aromatic carbocycles. The number of amides is 2. The first-order valence-corrected chi connectivity index (χ1v) is 10.7. The van der Waals surface area contributed by atoms with Crippen molar-refractivity contribution in [2.75, 3.05) is 19.6 Å². The summed E-state index contributed by atoms with van der Waals surface area (Å²) in [5, 5.41) is 9.76. The molecule has 2 heterocycles. The van der Waals surface area contributed by atoms with Gasteiger partial charge >= 0.3 is 6.03 Å². The van der Waals surface area contributed by atoms with Gasteiger partial charge in [0.1, 0.15) is 6.33 Å². The van der Waals surface area contributed by atoms with E-state index in [4.69, 9.17) is 0 Å². The Morgan fingerprint density at radius 3 is 2.56 bits per heavy atom. The molecular weight excluding hydrogens is 366 g/mol. The molecular formula is C18H25N5O3S. The van der Waals surface area contributed by atoms with Crippen LogP contribution < -0.4 is 5.32 Å². The van der Waals surface area contributed by atoms with E-state index in [9.17, 15) is 13.2 Å². The molecule has 0 bridgehead atoms. The molecule has 9 heteroatoms. The summed E-state index contributed by atoms with van der Waals surface area (Å²) in [6.45, 7) is 1.45. The standard InChI is InChI=1S/C18H25N5O3S/c1-22-14-20-21-18(22)27(25,26)16-9-12-23(13-10-16)17(24)19-11-5-8-15-6-3-2-4-7-15/h2-4,6-7,14,16H,5,8-13H2,1H3,(H,19,24). The molecule has 1 aliphatic rings. The number of nitrogens with one attached hydrogen (secondary N) is 1. The van der Waals surface area contributed by atoms with Crippen molar-refractivity contribution in [3.8, 4) is 0 Å². The van der Waals surface area contributed by atoms with Crippen LogP contribution in [0.3, 0.4) is 0 Å². The fourth-order valence-corrected chi connectivity index (χ4v) is 5.03. The lowest BCUT2D eigenvalue weighted by Gasteiger charge is -2.31. The molecule has 146 valence electrons. The summed E-state index contributed by atoms with van der Waals surface area (Å²) in [6, 6.07) is 10.0. The van der Waals surface area contributed by atoms with Crippen molar-refractivity contribution in [2.24, 2.45) is 7.05 Å². The van der Waals surface area contributed by atoms with Crippen molar-refractivity contribution in [3.63, 3.8) is 0 Å². The van der Waals surface area contributed by atoms with Gasteiger partial charge in [0.05, 0.1) is 5.25 Å². The van der Waals surface area contributed by atoms with E-state index in [-0.39, 0.29) is 11.2 Å². The molecule has 2 aromatic rings. The van der Waals surface area contributed by atoms with E-state index in [1.54, 1.807) is 11.9 Å². The lowest BCUT2D eigenvalue weighted by Crippen LogP contribution is -2.47. The van der Waals surface area contributed by atoms with Crippen LogP contribution in [0.15, 0.2) is 41.8 Å². The molecule has 0 spiro atoms. The summed E-state index contributed by atoms with van der Waals surface area (Å²) in [6.07, 6.45) is 3.98. The second-order valence-corrected chi connectivity index (χ2v) is 8.90. The molecule has 8 nitrogen and oxygen atoms in total. The highest BCUT2D eigenvalue weighted by Gasteiger charge is 2.35. The Morgan fingerprint density at radius 2 is 1.93 bits per heavy atom. The summed E-state index contributed by atoms with van der Waals surface area (Å²) in [4.78, 5) is 14.0. The zero-order valence-electron chi connectivity index (χ0n) is 15.4. The van der Waals surface area contributed by atoms with Crippen molar-refractivity contribution < 1.29 is 13.2 Å². The monoisotopic (exact) mass is 391 g/mol. The predicted molar refractivity (Wildman–Crippen MR) is 101 cm³/mol. The largest absolute Gasteiger partial charge is 0.338 e. The van der Waals surface area contributed by atoms with Crippen molar-refractivity contribution >= 4 is 15.9 Å². The lowest BCUT2D eigenvalue weighted by molar-refractivity contribution is 0.186. The van der Waals surface area contributed by atoms with Crippen molar-refractivity contribution in [2.45, 2.75) is 36.1 Å². The average molecular weight is 391 g/mol. The molecule has 0 radical (unpaired) electrons. The molecule has 27 heavy (non-hydrogen) atoms. The number of aryl methyl sites for hydroxylation is 2. The predicted octanol–water partition coefficient (Wildman–Crippen LogP) is 1.40. The molecule has 1 fully saturated rings. The average Bonchev–Trinajstić information content (AvgIpc) is 3.13. The van der Waals surface area contributed by atoms with Gasteiger partial charge in [-0.15, -0.1) is 10.2 Å². The highest BCUT2D eigenvalue weighted by atomic mass is 32.2. The third kappa shape index (κ3) is 4.65. The first-order valence-electron chi connectivity index (χ1n) is 9.13. The van der Waals surface area contributed by atoms with E-state index >= 15 is 0 Å². The van der Waals surface area contributed by atoms with E-state index in [1.807, 2.05) is 18.2 Å². The van der Waals surface area contributed by atoms with Crippen LogP contribution >= 0.6 is 0 Å². The maximum Gasteiger partial charge on any atom is 0.317 e. The molecule has 1 aliphatic heterocycles. The summed E-state index contributed by atoms with van der Waals surface area (Å²) >= 11 is 0. The van der Waals surface area contributed by atoms with Crippen molar-refractivity contribution in [3.05, 3.63) is 42.2 Å². The van der Waals surface area contributed by atoms with Gasteiger partial charge in [-0.05, 0) is 31.2 Å². The quantitative estimate of drug-likeness (QED) is 0.751. The van der Waals surface area contributed by atoms with Gasteiger partial charge < -0.3 is 14.8 Å². The fraction of sp³-hybridized carbons (Fsp3) is 0.500. The van der Waals surface area contributed by atoms with Crippen LogP contribution in [0.25, 0.3) is 0 Å². The molecule has 0 atom stereocenters. The number of aromatic nitrogens is 3. The third-order valence-electron chi connectivity index (χ3n) is 4.85. The summed E-state index contributed by atoms with van der Waals surface area (Å²) in [5.74, 6) is 0. The van der Waals surface area contributed by atoms with E-state index in [0.717, 1.165) is 12.8 Å². The first kappa shape index (κ1) is 19.3. The third-order valence-corrected chi connectivity index (χ3v) is 7.08. The summed E-state index contributed by atoms with van der Waals surface area (Å²) in [5.41, 5.74) is 1.25. The molecule has 0 saturated carbocycles. The summed E-state index contributed by atoms with van der Waals surface area (Å²) in [7, 11) is -1.90. The van der Waals surface area contributed by atoms with Gasteiger partial charge in [-0.25, -0.2) is 13.2 Å². The van der Waals surface area contributed by atoms with Crippen LogP contribution in [-0.2, 0) is 23.3 Å². The normalized spacial score (nSPS) is 15.7. The Labute approximate surface area is 159 Å². The number of urea groups is 1. The second kappa shape index (κ2) is 8.51. The number of carbonyl (C=O) groups excluding carboxylic acids is 1. The minimum Gasteiger partial charge on any atom is -0.338 e. The zero-order valence-corrected chi connectivity index (χ0v) is 16.2. The lowest BCUT2D eigenvalue weighted by atomic mass is 10.1. The number of rotatable bonds is 6. The Bertz CT molecular complexity index is 858. The van der Waals surface area contributed by atoms with Crippen LogP contribution in [-0.4, -0.2) is 59.0 Å². The minimum atomic E-state index is -3.52.